The van der Waals surface area contributed by atoms with Crippen molar-refractivity contribution < 1.29 is 4.42 Å². The normalized spacial score (nSPS) is 17.4. The van der Waals surface area contributed by atoms with Crippen LogP contribution >= 0.6 is 0 Å². The lowest BCUT2D eigenvalue weighted by molar-refractivity contribution is 0.556. The summed E-state index contributed by atoms with van der Waals surface area (Å²) in [4.78, 5) is 0. The van der Waals surface area contributed by atoms with Gasteiger partial charge in [-0.25, -0.2) is 0 Å². The quantitative estimate of drug-likeness (QED) is 0.774. The van der Waals surface area contributed by atoms with E-state index in [0.717, 1.165) is 24.8 Å². The Bertz CT molecular complexity index is 296. The molecule has 1 N–H and O–H groups in total. The summed E-state index contributed by atoms with van der Waals surface area (Å²) in [6.45, 7) is 3.19. The molecule has 0 spiro atoms. The Hall–Kier alpha value is -1.02. The van der Waals surface area contributed by atoms with Gasteiger partial charge in [-0.1, -0.05) is 12.5 Å². The molecule has 0 amide bonds. The molecule has 2 rings (SSSR count). The van der Waals surface area contributed by atoms with Crippen LogP contribution in [0.4, 0.5) is 0 Å². The Morgan fingerprint density at radius 2 is 2.50 bits per heavy atom. The van der Waals surface area contributed by atoms with E-state index in [1.54, 1.807) is 6.26 Å². The van der Waals surface area contributed by atoms with Crippen molar-refractivity contribution >= 4 is 6.08 Å². The van der Waals surface area contributed by atoms with Crippen LogP contribution in [0, 0.1) is 0 Å². The summed E-state index contributed by atoms with van der Waals surface area (Å²) >= 11 is 0. The van der Waals surface area contributed by atoms with Crippen LogP contribution in [0.3, 0.4) is 0 Å². The van der Waals surface area contributed by atoms with Gasteiger partial charge in [0.2, 0.25) is 0 Å². The van der Waals surface area contributed by atoms with Gasteiger partial charge in [-0.3, -0.25) is 0 Å². The first-order valence-corrected chi connectivity index (χ1v) is 5.35. The van der Waals surface area contributed by atoms with Gasteiger partial charge in [-0.2, -0.15) is 0 Å². The minimum Gasteiger partial charge on any atom is -0.465 e. The van der Waals surface area contributed by atoms with Crippen molar-refractivity contribution in [1.82, 2.24) is 5.32 Å². The van der Waals surface area contributed by atoms with E-state index in [2.05, 4.69) is 18.3 Å². The van der Waals surface area contributed by atoms with E-state index in [1.165, 1.54) is 18.4 Å². The lowest BCUT2D eigenvalue weighted by atomic mass is 10.1. The van der Waals surface area contributed by atoms with Gasteiger partial charge in [0.25, 0.3) is 0 Å². The fourth-order valence-corrected chi connectivity index (χ4v) is 1.42. The second-order valence-electron chi connectivity index (χ2n) is 3.83. The zero-order chi connectivity index (χ0) is 9.80. The van der Waals surface area contributed by atoms with Crippen molar-refractivity contribution in [2.45, 2.75) is 32.2 Å². The lowest BCUT2D eigenvalue weighted by Gasteiger charge is -2.04. The molecule has 1 heterocycles. The van der Waals surface area contributed by atoms with Crippen LogP contribution in [-0.4, -0.2) is 12.6 Å². The second-order valence-corrected chi connectivity index (χ2v) is 3.83. The van der Waals surface area contributed by atoms with Gasteiger partial charge in [-0.05, 0) is 37.5 Å². The van der Waals surface area contributed by atoms with Gasteiger partial charge in [0.05, 0.1) is 6.26 Å². The smallest absolute Gasteiger partial charge is 0.126 e. The third-order valence-electron chi connectivity index (χ3n) is 2.54. The predicted molar refractivity (Wildman–Crippen MR) is 58.0 cm³/mol. The SMILES string of the molecule is CCC(=Cc1ccco1)CNC1CC1. The fraction of sp³-hybridized carbons (Fsp3) is 0.500. The molecule has 1 fully saturated rings. The molecular weight excluding hydrogens is 174 g/mol. The van der Waals surface area contributed by atoms with Crippen LogP contribution in [-0.2, 0) is 0 Å². The standard InChI is InChI=1S/C12H17NO/c1-2-10(9-13-11-5-6-11)8-12-4-3-7-14-12/h3-4,7-8,11,13H,2,5-6,9H2,1H3. The van der Waals surface area contributed by atoms with Crippen molar-refractivity contribution in [3.63, 3.8) is 0 Å². The Balaban J connectivity index is 1.90. The van der Waals surface area contributed by atoms with Crippen LogP contribution < -0.4 is 5.32 Å². The maximum absolute atomic E-state index is 5.28. The van der Waals surface area contributed by atoms with Gasteiger partial charge in [0.15, 0.2) is 0 Å². The lowest BCUT2D eigenvalue weighted by Crippen LogP contribution is -2.18. The molecule has 0 saturated heterocycles. The zero-order valence-electron chi connectivity index (χ0n) is 8.62. The maximum Gasteiger partial charge on any atom is 0.126 e. The average Bonchev–Trinajstić information content (AvgIpc) is 2.90. The van der Waals surface area contributed by atoms with Crippen molar-refractivity contribution in [2.75, 3.05) is 6.54 Å². The molecule has 1 aliphatic carbocycles. The first kappa shape index (κ1) is 9.53. The number of nitrogens with one attached hydrogen (secondary N) is 1. The molecule has 0 unspecified atom stereocenters. The third-order valence-corrected chi connectivity index (χ3v) is 2.54. The molecule has 1 aliphatic rings. The van der Waals surface area contributed by atoms with E-state index in [9.17, 15) is 0 Å². The van der Waals surface area contributed by atoms with E-state index in [1.807, 2.05) is 12.1 Å². The van der Waals surface area contributed by atoms with Gasteiger partial charge in [0, 0.05) is 12.6 Å². The minimum atomic E-state index is 0.779. The molecule has 2 heteroatoms. The van der Waals surface area contributed by atoms with E-state index in [4.69, 9.17) is 4.42 Å². The third kappa shape index (κ3) is 2.74. The Kier molecular flexibility index (Phi) is 3.04. The van der Waals surface area contributed by atoms with E-state index in [0.29, 0.717) is 0 Å². The largest absolute Gasteiger partial charge is 0.465 e. The summed E-state index contributed by atoms with van der Waals surface area (Å²) in [5.74, 6) is 0.958. The highest BCUT2D eigenvalue weighted by Crippen LogP contribution is 2.19. The first-order chi connectivity index (χ1) is 6.88. The Labute approximate surface area is 85.0 Å². The minimum absolute atomic E-state index is 0.779. The summed E-state index contributed by atoms with van der Waals surface area (Å²) in [6, 6.07) is 4.70. The Morgan fingerprint density at radius 1 is 1.64 bits per heavy atom. The summed E-state index contributed by atoms with van der Waals surface area (Å²) in [7, 11) is 0. The fourth-order valence-electron chi connectivity index (χ4n) is 1.42. The molecule has 1 saturated carbocycles. The van der Waals surface area contributed by atoms with Crippen LogP contribution in [0.2, 0.25) is 0 Å². The van der Waals surface area contributed by atoms with Gasteiger partial charge < -0.3 is 9.73 Å². The highest BCUT2D eigenvalue weighted by molar-refractivity contribution is 5.47. The molecule has 1 aromatic rings. The molecule has 0 radical (unpaired) electrons. The van der Waals surface area contributed by atoms with Gasteiger partial charge in [-0.15, -0.1) is 0 Å². The Morgan fingerprint density at radius 3 is 3.07 bits per heavy atom. The van der Waals surface area contributed by atoms with Crippen LogP contribution in [0.25, 0.3) is 6.08 Å². The van der Waals surface area contributed by atoms with Crippen molar-refractivity contribution in [3.8, 4) is 0 Å². The maximum atomic E-state index is 5.28. The number of rotatable bonds is 5. The number of furan rings is 1. The molecule has 1 aromatic heterocycles. The van der Waals surface area contributed by atoms with Crippen molar-refractivity contribution in [1.29, 1.82) is 0 Å². The molecule has 0 bridgehead atoms. The van der Waals surface area contributed by atoms with Gasteiger partial charge >= 0.3 is 0 Å². The van der Waals surface area contributed by atoms with Crippen LogP contribution in [0.5, 0.6) is 0 Å². The number of hydrogen-bond acceptors (Lipinski definition) is 2. The number of hydrogen-bond donors (Lipinski definition) is 1. The second kappa shape index (κ2) is 4.47. The summed E-state index contributed by atoms with van der Waals surface area (Å²) in [6.07, 6.45) is 7.62. The van der Waals surface area contributed by atoms with E-state index >= 15 is 0 Å². The van der Waals surface area contributed by atoms with E-state index in [-0.39, 0.29) is 0 Å². The van der Waals surface area contributed by atoms with E-state index < -0.39 is 0 Å². The topological polar surface area (TPSA) is 25.2 Å². The molecule has 0 aliphatic heterocycles. The first-order valence-electron chi connectivity index (χ1n) is 5.35. The highest BCUT2D eigenvalue weighted by atomic mass is 16.3. The average molecular weight is 191 g/mol. The molecular formula is C12H17NO. The zero-order valence-corrected chi connectivity index (χ0v) is 8.62. The molecule has 0 atom stereocenters. The molecule has 2 nitrogen and oxygen atoms in total. The van der Waals surface area contributed by atoms with Crippen LogP contribution in [0.15, 0.2) is 28.4 Å². The summed E-state index contributed by atoms with van der Waals surface area (Å²) in [5.41, 5.74) is 1.41. The summed E-state index contributed by atoms with van der Waals surface area (Å²) in [5, 5.41) is 3.51. The van der Waals surface area contributed by atoms with Gasteiger partial charge in [0.1, 0.15) is 5.76 Å². The highest BCUT2D eigenvalue weighted by Gasteiger charge is 2.19. The molecule has 14 heavy (non-hydrogen) atoms. The monoisotopic (exact) mass is 191 g/mol. The van der Waals surface area contributed by atoms with Crippen LogP contribution in [0.1, 0.15) is 31.9 Å². The van der Waals surface area contributed by atoms with Crippen molar-refractivity contribution in [3.05, 3.63) is 29.7 Å². The predicted octanol–water partition coefficient (Wildman–Crippen LogP) is 2.83. The molecule has 0 aromatic carbocycles. The summed E-state index contributed by atoms with van der Waals surface area (Å²) < 4.78 is 5.28. The van der Waals surface area contributed by atoms with Crippen molar-refractivity contribution in [2.24, 2.45) is 0 Å². The molecule has 76 valence electrons.